The van der Waals surface area contributed by atoms with Gasteiger partial charge in [0.15, 0.2) is 0 Å². The lowest BCUT2D eigenvalue weighted by Gasteiger charge is -2.36. The number of carbonyl (C=O) groups excluding carboxylic acids is 1. The highest BCUT2D eigenvalue weighted by molar-refractivity contribution is 5.73. The van der Waals surface area contributed by atoms with E-state index in [0.717, 1.165) is 25.9 Å². The first kappa shape index (κ1) is 15.2. The van der Waals surface area contributed by atoms with Gasteiger partial charge < -0.3 is 20.2 Å². The molecule has 2 N–H and O–H groups in total. The van der Waals surface area contributed by atoms with Gasteiger partial charge in [-0.05, 0) is 18.8 Å². The molecule has 1 saturated heterocycles. The lowest BCUT2D eigenvalue weighted by Crippen LogP contribution is -2.51. The normalized spacial score (nSPS) is 19.1. The summed E-state index contributed by atoms with van der Waals surface area (Å²) in [6, 6.07) is 0.665. The van der Waals surface area contributed by atoms with Gasteiger partial charge >= 0.3 is 6.03 Å². The van der Waals surface area contributed by atoms with Crippen LogP contribution in [0.15, 0.2) is 0 Å². The number of likely N-dealkylation sites (tertiary alicyclic amines) is 1. The summed E-state index contributed by atoms with van der Waals surface area (Å²) in [7, 11) is 3.57. The lowest BCUT2D eigenvalue weighted by atomic mass is 10.00. The van der Waals surface area contributed by atoms with E-state index >= 15 is 0 Å². The summed E-state index contributed by atoms with van der Waals surface area (Å²) in [5.74, 6) is 0.427. The van der Waals surface area contributed by atoms with Crippen LogP contribution in [0.5, 0.6) is 0 Å². The van der Waals surface area contributed by atoms with Crippen LogP contribution in [0.2, 0.25) is 0 Å². The average Bonchev–Trinajstić information content (AvgIpc) is 2.35. The molecule has 0 aliphatic carbocycles. The van der Waals surface area contributed by atoms with Crippen molar-refractivity contribution in [2.75, 3.05) is 33.8 Å². The van der Waals surface area contributed by atoms with Gasteiger partial charge in [0.1, 0.15) is 0 Å². The number of urea groups is 1. The number of hydrogen-bond donors (Lipinski definition) is 2. The van der Waals surface area contributed by atoms with Gasteiger partial charge in [-0.25, -0.2) is 4.79 Å². The first-order valence-corrected chi connectivity index (χ1v) is 6.78. The van der Waals surface area contributed by atoms with Crippen LogP contribution in [0.3, 0.4) is 0 Å². The Kier molecular flexibility index (Phi) is 5.88. The zero-order valence-electron chi connectivity index (χ0n) is 12.0. The molecule has 1 heterocycles. The summed E-state index contributed by atoms with van der Waals surface area (Å²) in [6.07, 6.45) is 1.92. The Bertz CT molecular complexity index is 261. The van der Waals surface area contributed by atoms with E-state index in [1.54, 1.807) is 19.0 Å². The number of nitrogens with zero attached hydrogens (tertiary/aromatic N) is 2. The third-order valence-electron chi connectivity index (χ3n) is 3.60. The van der Waals surface area contributed by atoms with E-state index in [9.17, 15) is 9.90 Å². The van der Waals surface area contributed by atoms with Crippen molar-refractivity contribution in [3.8, 4) is 0 Å². The standard InChI is InChI=1S/C13H27N3O2/c1-10(2)12(9-17)14-11-5-7-16(8-6-11)13(18)15(3)4/h10-12,14,17H,5-9H2,1-4H3/t12-/m1/s1. The molecule has 18 heavy (non-hydrogen) atoms. The molecule has 106 valence electrons. The summed E-state index contributed by atoms with van der Waals surface area (Å²) < 4.78 is 0. The first-order valence-electron chi connectivity index (χ1n) is 6.78. The summed E-state index contributed by atoms with van der Waals surface area (Å²) in [5.41, 5.74) is 0. The molecule has 0 aromatic carbocycles. The predicted molar refractivity (Wildman–Crippen MR) is 72.5 cm³/mol. The van der Waals surface area contributed by atoms with Gasteiger partial charge in [-0.1, -0.05) is 13.8 Å². The SMILES string of the molecule is CC(C)[C@@H](CO)NC1CCN(C(=O)N(C)C)CC1. The van der Waals surface area contributed by atoms with Gasteiger partial charge in [0.2, 0.25) is 0 Å². The molecule has 5 heteroatoms. The van der Waals surface area contributed by atoms with Gasteiger partial charge in [0.05, 0.1) is 6.61 Å². The molecule has 0 spiro atoms. The summed E-state index contributed by atoms with van der Waals surface area (Å²) in [5, 5.41) is 12.8. The monoisotopic (exact) mass is 257 g/mol. The molecule has 1 atom stereocenters. The van der Waals surface area contributed by atoms with Crippen LogP contribution in [0.4, 0.5) is 4.79 Å². The van der Waals surface area contributed by atoms with E-state index in [1.165, 1.54) is 0 Å². The van der Waals surface area contributed by atoms with Gasteiger partial charge in [0, 0.05) is 39.3 Å². The minimum Gasteiger partial charge on any atom is -0.395 e. The quantitative estimate of drug-likeness (QED) is 0.781. The van der Waals surface area contributed by atoms with Crippen LogP contribution in [-0.2, 0) is 0 Å². The summed E-state index contributed by atoms with van der Waals surface area (Å²) >= 11 is 0. The van der Waals surface area contributed by atoms with Crippen LogP contribution >= 0.6 is 0 Å². The summed E-state index contributed by atoms with van der Waals surface area (Å²) in [4.78, 5) is 15.3. The number of amides is 2. The smallest absolute Gasteiger partial charge is 0.319 e. The Morgan fingerprint density at radius 2 is 1.94 bits per heavy atom. The number of nitrogens with one attached hydrogen (secondary N) is 1. The molecule has 0 bridgehead atoms. The minimum absolute atomic E-state index is 0.0935. The Morgan fingerprint density at radius 3 is 2.33 bits per heavy atom. The Labute approximate surface area is 110 Å². The van der Waals surface area contributed by atoms with E-state index in [2.05, 4.69) is 19.2 Å². The van der Waals surface area contributed by atoms with Gasteiger partial charge in [-0.3, -0.25) is 0 Å². The fourth-order valence-electron chi connectivity index (χ4n) is 2.28. The van der Waals surface area contributed by atoms with Gasteiger partial charge in [-0.15, -0.1) is 0 Å². The highest BCUT2D eigenvalue weighted by Crippen LogP contribution is 2.14. The molecular formula is C13H27N3O2. The van der Waals surface area contributed by atoms with Crippen molar-refractivity contribution < 1.29 is 9.90 Å². The highest BCUT2D eigenvalue weighted by Gasteiger charge is 2.25. The van der Waals surface area contributed by atoms with Crippen molar-refractivity contribution in [2.24, 2.45) is 5.92 Å². The van der Waals surface area contributed by atoms with Crippen LogP contribution in [0.1, 0.15) is 26.7 Å². The number of hydrogen-bond acceptors (Lipinski definition) is 3. The van der Waals surface area contributed by atoms with E-state index in [-0.39, 0.29) is 18.7 Å². The molecule has 0 radical (unpaired) electrons. The Balaban J connectivity index is 2.37. The fourth-order valence-corrected chi connectivity index (χ4v) is 2.28. The molecule has 1 aliphatic heterocycles. The van der Waals surface area contributed by atoms with Gasteiger partial charge in [0.25, 0.3) is 0 Å². The maximum atomic E-state index is 11.8. The largest absolute Gasteiger partial charge is 0.395 e. The number of aliphatic hydroxyl groups is 1. The molecule has 5 nitrogen and oxygen atoms in total. The lowest BCUT2D eigenvalue weighted by molar-refractivity contribution is 0.140. The molecular weight excluding hydrogens is 230 g/mol. The zero-order valence-corrected chi connectivity index (χ0v) is 12.0. The molecule has 0 unspecified atom stereocenters. The molecule has 1 aliphatic rings. The molecule has 1 fully saturated rings. The van der Waals surface area contributed by atoms with E-state index < -0.39 is 0 Å². The van der Waals surface area contributed by atoms with E-state index in [1.807, 2.05) is 4.90 Å². The number of rotatable bonds is 4. The third-order valence-corrected chi connectivity index (χ3v) is 3.60. The second kappa shape index (κ2) is 6.95. The fraction of sp³-hybridized carbons (Fsp3) is 0.923. The number of aliphatic hydroxyl groups excluding tert-OH is 1. The average molecular weight is 257 g/mol. The molecule has 0 saturated carbocycles. The minimum atomic E-state index is 0.0935. The van der Waals surface area contributed by atoms with Crippen LogP contribution in [0.25, 0.3) is 0 Å². The van der Waals surface area contributed by atoms with Crippen LogP contribution < -0.4 is 5.32 Å². The van der Waals surface area contributed by atoms with Crippen molar-refractivity contribution in [3.05, 3.63) is 0 Å². The number of piperidine rings is 1. The predicted octanol–water partition coefficient (Wildman–Crippen LogP) is 0.739. The highest BCUT2D eigenvalue weighted by atomic mass is 16.3. The van der Waals surface area contributed by atoms with Crippen molar-refractivity contribution in [2.45, 2.75) is 38.8 Å². The first-order chi connectivity index (χ1) is 8.45. The van der Waals surface area contributed by atoms with Crippen molar-refractivity contribution >= 4 is 6.03 Å². The molecule has 2 amide bonds. The Morgan fingerprint density at radius 1 is 1.39 bits per heavy atom. The third kappa shape index (κ3) is 4.14. The molecule has 1 rings (SSSR count). The number of carbonyl (C=O) groups is 1. The zero-order chi connectivity index (χ0) is 13.7. The van der Waals surface area contributed by atoms with Crippen molar-refractivity contribution in [1.29, 1.82) is 0 Å². The van der Waals surface area contributed by atoms with E-state index in [4.69, 9.17) is 0 Å². The van der Waals surface area contributed by atoms with Crippen LogP contribution in [0, 0.1) is 5.92 Å². The second-order valence-corrected chi connectivity index (χ2v) is 5.64. The topological polar surface area (TPSA) is 55.8 Å². The molecule has 0 aromatic heterocycles. The van der Waals surface area contributed by atoms with Crippen LogP contribution in [-0.4, -0.2) is 66.8 Å². The second-order valence-electron chi connectivity index (χ2n) is 5.64. The molecule has 0 aromatic rings. The van der Waals surface area contributed by atoms with E-state index in [0.29, 0.717) is 12.0 Å². The van der Waals surface area contributed by atoms with Gasteiger partial charge in [-0.2, -0.15) is 0 Å². The maximum Gasteiger partial charge on any atom is 0.319 e. The summed E-state index contributed by atoms with van der Waals surface area (Å²) in [6.45, 7) is 5.99. The Hall–Kier alpha value is -0.810. The maximum absolute atomic E-state index is 11.8. The van der Waals surface area contributed by atoms with Crippen molar-refractivity contribution in [1.82, 2.24) is 15.1 Å². The van der Waals surface area contributed by atoms with Crippen molar-refractivity contribution in [3.63, 3.8) is 0 Å².